The summed E-state index contributed by atoms with van der Waals surface area (Å²) in [5, 5.41) is 1.04. The maximum absolute atomic E-state index is 12.2. The zero-order valence-corrected chi connectivity index (χ0v) is 13.6. The minimum Gasteiger partial charge on any atom is -0.471 e. The monoisotopic (exact) mass is 339 g/mol. The van der Waals surface area contributed by atoms with Crippen molar-refractivity contribution in [2.75, 3.05) is 19.6 Å². The van der Waals surface area contributed by atoms with Crippen molar-refractivity contribution >= 4 is 28.6 Å². The zero-order chi connectivity index (χ0) is 17.4. The van der Waals surface area contributed by atoms with E-state index in [1.165, 1.54) is 0 Å². The number of rotatable bonds is 4. The van der Waals surface area contributed by atoms with Crippen molar-refractivity contribution in [3.05, 3.63) is 36.4 Å². The van der Waals surface area contributed by atoms with Crippen LogP contribution in [0.25, 0.3) is 10.9 Å². The van der Waals surface area contributed by atoms with Crippen molar-refractivity contribution < 1.29 is 19.1 Å². The Morgan fingerprint density at radius 2 is 1.80 bits per heavy atom. The molecule has 0 saturated carbocycles. The maximum atomic E-state index is 12.2. The molecule has 2 aliphatic rings. The first kappa shape index (κ1) is 15.6. The highest BCUT2D eigenvalue weighted by molar-refractivity contribution is 6.04. The predicted molar refractivity (Wildman–Crippen MR) is 88.7 cm³/mol. The molecule has 3 heterocycles. The average molecular weight is 339 g/mol. The molecule has 4 rings (SSSR count). The molecule has 2 aromatic rings. The van der Waals surface area contributed by atoms with Crippen molar-refractivity contribution in [2.45, 2.75) is 18.9 Å². The summed E-state index contributed by atoms with van der Waals surface area (Å²) in [6.45, 7) is 0.700. The molecule has 0 unspecified atom stereocenters. The number of ether oxygens (including phenoxy) is 1. The van der Waals surface area contributed by atoms with Crippen molar-refractivity contribution in [1.82, 2.24) is 14.8 Å². The molecule has 2 saturated heterocycles. The first-order valence-electron chi connectivity index (χ1n) is 8.23. The summed E-state index contributed by atoms with van der Waals surface area (Å²) in [5.74, 6) is -0.241. The van der Waals surface area contributed by atoms with Crippen LogP contribution in [0.1, 0.15) is 12.8 Å². The quantitative estimate of drug-likeness (QED) is 0.776. The Kier molecular flexibility index (Phi) is 3.83. The average Bonchev–Trinajstić information content (AvgIpc) is 2.89. The summed E-state index contributed by atoms with van der Waals surface area (Å²) in [6, 6.07) is 11.5. The number of hydrogen-bond acceptors (Lipinski definition) is 5. The number of aromatic nitrogens is 1. The van der Waals surface area contributed by atoms with Crippen molar-refractivity contribution in [2.24, 2.45) is 0 Å². The largest absolute Gasteiger partial charge is 0.471 e. The molecule has 25 heavy (non-hydrogen) atoms. The molecule has 128 valence electrons. The first-order chi connectivity index (χ1) is 12.1. The van der Waals surface area contributed by atoms with Gasteiger partial charge in [-0.1, -0.05) is 18.2 Å². The first-order valence-corrected chi connectivity index (χ1v) is 8.23. The Bertz CT molecular complexity index is 844. The molecule has 7 nitrogen and oxygen atoms in total. The third-order valence-electron chi connectivity index (χ3n) is 4.51. The molecule has 0 radical (unpaired) electrons. The maximum Gasteiger partial charge on any atom is 0.243 e. The number of imide groups is 1. The molecule has 1 aromatic heterocycles. The normalized spacial score (nSPS) is 17.9. The Morgan fingerprint density at radius 1 is 1.08 bits per heavy atom. The number of carbonyl (C=O) groups excluding carboxylic acids is 3. The fourth-order valence-corrected chi connectivity index (χ4v) is 3.03. The number of benzene rings is 1. The second kappa shape index (κ2) is 6.16. The second-order valence-electron chi connectivity index (χ2n) is 6.25. The number of para-hydroxylation sites is 1. The number of carbonyl (C=O) groups is 3. The molecule has 3 amide bonds. The molecule has 2 fully saturated rings. The standard InChI is InChI=1S/C18H17N3O4/c22-16-7-8-17(23)21(16)11-18(24)20-9-13(10-20)25-15-6-5-12-3-1-2-4-14(12)19-15/h1-6,13H,7-11H2. The Balaban J connectivity index is 1.31. The van der Waals surface area contributed by atoms with Gasteiger partial charge in [0, 0.05) is 24.3 Å². The van der Waals surface area contributed by atoms with Crippen LogP contribution in [0.2, 0.25) is 0 Å². The lowest BCUT2D eigenvalue weighted by Crippen LogP contribution is -2.58. The molecule has 0 bridgehead atoms. The Hall–Kier alpha value is -2.96. The summed E-state index contributed by atoms with van der Waals surface area (Å²) < 4.78 is 5.80. The fraction of sp³-hybridized carbons (Fsp3) is 0.333. The van der Waals surface area contributed by atoms with E-state index in [0.29, 0.717) is 19.0 Å². The lowest BCUT2D eigenvalue weighted by atomic mass is 10.1. The van der Waals surface area contributed by atoms with Gasteiger partial charge in [-0.2, -0.15) is 0 Å². The van der Waals surface area contributed by atoms with E-state index in [9.17, 15) is 14.4 Å². The van der Waals surface area contributed by atoms with Crippen LogP contribution < -0.4 is 4.74 Å². The molecular weight excluding hydrogens is 322 g/mol. The number of likely N-dealkylation sites (tertiary alicyclic amines) is 2. The van der Waals surface area contributed by atoms with Gasteiger partial charge in [0.05, 0.1) is 18.6 Å². The van der Waals surface area contributed by atoms with E-state index in [1.807, 2.05) is 36.4 Å². The molecule has 7 heteroatoms. The number of fused-ring (bicyclic) bond motifs is 1. The molecule has 0 N–H and O–H groups in total. The van der Waals surface area contributed by atoms with E-state index in [0.717, 1.165) is 15.8 Å². The van der Waals surface area contributed by atoms with Gasteiger partial charge in [-0.25, -0.2) is 4.98 Å². The highest BCUT2D eigenvalue weighted by Gasteiger charge is 2.36. The van der Waals surface area contributed by atoms with Crippen LogP contribution in [0.3, 0.4) is 0 Å². The van der Waals surface area contributed by atoms with Crippen molar-refractivity contribution in [3.63, 3.8) is 0 Å². The predicted octanol–water partition coefficient (Wildman–Crippen LogP) is 0.973. The van der Waals surface area contributed by atoms with E-state index in [4.69, 9.17) is 4.74 Å². The van der Waals surface area contributed by atoms with Gasteiger partial charge in [-0.3, -0.25) is 19.3 Å². The zero-order valence-electron chi connectivity index (χ0n) is 13.6. The third kappa shape index (κ3) is 3.05. The van der Waals surface area contributed by atoms with Gasteiger partial charge in [-0.15, -0.1) is 0 Å². The number of nitrogens with zero attached hydrogens (tertiary/aromatic N) is 3. The van der Waals surface area contributed by atoms with Gasteiger partial charge in [0.25, 0.3) is 0 Å². The fourth-order valence-electron chi connectivity index (χ4n) is 3.03. The molecule has 0 atom stereocenters. The smallest absolute Gasteiger partial charge is 0.243 e. The van der Waals surface area contributed by atoms with E-state index >= 15 is 0 Å². The van der Waals surface area contributed by atoms with Gasteiger partial charge in [-0.05, 0) is 12.1 Å². The minimum atomic E-state index is -0.271. The molecule has 2 aliphatic heterocycles. The van der Waals surface area contributed by atoms with Gasteiger partial charge < -0.3 is 9.64 Å². The molecule has 0 spiro atoms. The summed E-state index contributed by atoms with van der Waals surface area (Å²) in [4.78, 5) is 42.4. The molecular formula is C18H17N3O4. The van der Waals surface area contributed by atoms with E-state index in [1.54, 1.807) is 4.90 Å². The van der Waals surface area contributed by atoms with E-state index < -0.39 is 0 Å². The van der Waals surface area contributed by atoms with Gasteiger partial charge in [0.1, 0.15) is 12.6 Å². The van der Waals surface area contributed by atoms with E-state index in [-0.39, 0.29) is 43.2 Å². The Morgan fingerprint density at radius 3 is 2.56 bits per heavy atom. The molecule has 0 aliphatic carbocycles. The summed E-state index contributed by atoms with van der Waals surface area (Å²) in [7, 11) is 0. The molecule has 1 aromatic carbocycles. The summed E-state index contributed by atoms with van der Waals surface area (Å²) >= 11 is 0. The lowest BCUT2D eigenvalue weighted by molar-refractivity contribution is -0.149. The summed E-state index contributed by atoms with van der Waals surface area (Å²) in [6.07, 6.45) is 0.277. The van der Waals surface area contributed by atoms with Crippen LogP contribution in [0.4, 0.5) is 0 Å². The number of pyridine rings is 1. The number of amides is 3. The highest BCUT2D eigenvalue weighted by atomic mass is 16.5. The van der Waals surface area contributed by atoms with Crippen LogP contribution in [0.5, 0.6) is 5.88 Å². The SMILES string of the molecule is O=C(CN1C(=O)CCC1=O)N1CC(Oc2ccc3ccccc3n2)C1. The topological polar surface area (TPSA) is 79.8 Å². The van der Waals surface area contributed by atoms with Crippen molar-refractivity contribution in [3.8, 4) is 5.88 Å². The Labute approximate surface area is 144 Å². The summed E-state index contributed by atoms with van der Waals surface area (Å²) in [5.41, 5.74) is 0.860. The van der Waals surface area contributed by atoms with Crippen LogP contribution in [0, 0.1) is 0 Å². The van der Waals surface area contributed by atoms with Crippen molar-refractivity contribution in [1.29, 1.82) is 0 Å². The van der Waals surface area contributed by atoms with Gasteiger partial charge in [0.2, 0.25) is 23.6 Å². The van der Waals surface area contributed by atoms with Crippen LogP contribution in [-0.2, 0) is 14.4 Å². The van der Waals surface area contributed by atoms with Gasteiger partial charge >= 0.3 is 0 Å². The van der Waals surface area contributed by atoms with Crippen LogP contribution in [0.15, 0.2) is 36.4 Å². The van der Waals surface area contributed by atoms with Crippen LogP contribution in [-0.4, -0.2) is 58.2 Å². The van der Waals surface area contributed by atoms with E-state index in [2.05, 4.69) is 4.98 Å². The minimum absolute atomic E-state index is 0.123. The number of hydrogen-bond donors (Lipinski definition) is 0. The van der Waals surface area contributed by atoms with Gasteiger partial charge in [0.15, 0.2) is 0 Å². The lowest BCUT2D eigenvalue weighted by Gasteiger charge is -2.39. The van der Waals surface area contributed by atoms with Crippen LogP contribution >= 0.6 is 0 Å². The highest BCUT2D eigenvalue weighted by Crippen LogP contribution is 2.21. The third-order valence-corrected chi connectivity index (χ3v) is 4.51. The second-order valence-corrected chi connectivity index (χ2v) is 6.25.